The molecule has 1 aromatic carbocycles. The fourth-order valence-corrected chi connectivity index (χ4v) is 2.12. The van der Waals surface area contributed by atoms with E-state index in [2.05, 4.69) is 4.98 Å². The van der Waals surface area contributed by atoms with Crippen LogP contribution in [-0.2, 0) is 4.79 Å². The van der Waals surface area contributed by atoms with E-state index in [1.165, 1.54) is 0 Å². The number of carbonyl (C=O) groups is 1. The third kappa shape index (κ3) is 2.94. The number of pyridine rings is 1. The quantitative estimate of drug-likeness (QED) is 0.840. The molecule has 0 saturated carbocycles. The summed E-state index contributed by atoms with van der Waals surface area (Å²) in [6, 6.07) is 6.43. The first-order valence-corrected chi connectivity index (χ1v) is 6.00. The van der Waals surface area contributed by atoms with E-state index in [4.69, 9.17) is 27.2 Å². The van der Waals surface area contributed by atoms with Crippen LogP contribution in [0.4, 0.5) is 0 Å². The fraction of sp³-hybridized carbons (Fsp3) is 0.231. The van der Waals surface area contributed by atoms with E-state index in [1.807, 2.05) is 0 Å². The van der Waals surface area contributed by atoms with Gasteiger partial charge in [-0.05, 0) is 24.3 Å². The molecule has 1 aromatic heterocycles. The van der Waals surface area contributed by atoms with Gasteiger partial charge in [-0.15, -0.1) is 0 Å². The van der Waals surface area contributed by atoms with Crippen molar-refractivity contribution in [3.63, 3.8) is 0 Å². The van der Waals surface area contributed by atoms with Gasteiger partial charge in [0.05, 0.1) is 19.0 Å². The van der Waals surface area contributed by atoms with Gasteiger partial charge in [0, 0.05) is 17.0 Å². The predicted molar refractivity (Wildman–Crippen MR) is 72.5 cm³/mol. The van der Waals surface area contributed by atoms with Gasteiger partial charge in [-0.2, -0.15) is 0 Å². The summed E-state index contributed by atoms with van der Waals surface area (Å²) in [5.41, 5.74) is 7.05. The number of ether oxygens (including phenoxy) is 1. The second-order valence-electron chi connectivity index (χ2n) is 4.13. The van der Waals surface area contributed by atoms with Crippen LogP contribution in [0, 0.1) is 0 Å². The number of aliphatic carboxylic acids is 1. The van der Waals surface area contributed by atoms with Crippen molar-refractivity contribution in [3.8, 4) is 5.75 Å². The van der Waals surface area contributed by atoms with Crippen LogP contribution in [0.15, 0.2) is 24.3 Å². The maximum atomic E-state index is 10.7. The van der Waals surface area contributed by atoms with Gasteiger partial charge < -0.3 is 15.6 Å². The van der Waals surface area contributed by atoms with Crippen LogP contribution < -0.4 is 10.5 Å². The summed E-state index contributed by atoms with van der Waals surface area (Å²) in [6.07, 6.45) is -0.198. The molecule has 0 bridgehead atoms. The molecule has 0 aliphatic rings. The topological polar surface area (TPSA) is 85.4 Å². The fourth-order valence-electron chi connectivity index (χ4n) is 1.83. The van der Waals surface area contributed by atoms with Crippen molar-refractivity contribution in [1.82, 2.24) is 4.98 Å². The molecule has 1 heterocycles. The Morgan fingerprint density at radius 3 is 2.89 bits per heavy atom. The molecule has 1 unspecified atom stereocenters. The Hall–Kier alpha value is -1.85. The monoisotopic (exact) mass is 280 g/mol. The number of carboxylic acids is 1. The number of hydrogen-bond acceptors (Lipinski definition) is 4. The molecule has 0 radical (unpaired) electrons. The lowest BCUT2D eigenvalue weighted by molar-refractivity contribution is -0.137. The van der Waals surface area contributed by atoms with Crippen molar-refractivity contribution in [2.75, 3.05) is 7.11 Å². The van der Waals surface area contributed by atoms with E-state index in [1.54, 1.807) is 31.4 Å². The molecule has 0 aliphatic heterocycles. The van der Waals surface area contributed by atoms with E-state index in [-0.39, 0.29) is 11.6 Å². The number of aromatic nitrogens is 1. The molecular weight excluding hydrogens is 268 g/mol. The smallest absolute Gasteiger partial charge is 0.305 e. The molecule has 0 aliphatic carbocycles. The normalized spacial score (nSPS) is 12.4. The van der Waals surface area contributed by atoms with Gasteiger partial charge in [0.1, 0.15) is 10.9 Å². The average molecular weight is 281 g/mol. The highest BCUT2D eigenvalue weighted by atomic mass is 35.5. The van der Waals surface area contributed by atoms with Gasteiger partial charge in [0.25, 0.3) is 0 Å². The number of carboxylic acid groups (broad SMARTS) is 1. The Labute approximate surface area is 115 Å². The lowest BCUT2D eigenvalue weighted by Gasteiger charge is -2.12. The van der Waals surface area contributed by atoms with Crippen molar-refractivity contribution >= 4 is 28.5 Å². The molecule has 0 saturated heterocycles. The highest BCUT2D eigenvalue weighted by Gasteiger charge is 2.16. The second kappa shape index (κ2) is 5.42. The minimum Gasteiger partial charge on any atom is -0.497 e. The molecule has 5 nitrogen and oxygen atoms in total. The predicted octanol–water partition coefficient (Wildman–Crippen LogP) is 2.37. The number of nitrogens with zero attached hydrogens (tertiary/aromatic N) is 1. The summed E-state index contributed by atoms with van der Waals surface area (Å²) in [6.45, 7) is 0. The van der Waals surface area contributed by atoms with E-state index in [0.29, 0.717) is 16.8 Å². The van der Waals surface area contributed by atoms with Crippen molar-refractivity contribution in [1.29, 1.82) is 0 Å². The van der Waals surface area contributed by atoms with Crippen molar-refractivity contribution < 1.29 is 14.6 Å². The highest BCUT2D eigenvalue weighted by Crippen LogP contribution is 2.28. The standard InChI is InChI=1S/C13H13ClN2O3/c1-19-8-2-3-11-7(4-8)5-9(13(14)16-11)10(15)6-12(17)18/h2-5,10H,6,15H2,1H3,(H,17,18). The van der Waals surface area contributed by atoms with Crippen LogP contribution in [0.5, 0.6) is 5.75 Å². The second-order valence-corrected chi connectivity index (χ2v) is 4.49. The summed E-state index contributed by atoms with van der Waals surface area (Å²) in [5.74, 6) is -0.288. The molecule has 100 valence electrons. The van der Waals surface area contributed by atoms with Gasteiger partial charge in [0.2, 0.25) is 0 Å². The SMILES string of the molecule is COc1ccc2nc(Cl)c(C(N)CC(=O)O)cc2c1. The Bertz CT molecular complexity index is 631. The van der Waals surface area contributed by atoms with Crippen LogP contribution >= 0.6 is 11.6 Å². The lowest BCUT2D eigenvalue weighted by Crippen LogP contribution is -2.15. The van der Waals surface area contributed by atoms with Crippen LogP contribution in [0.2, 0.25) is 5.15 Å². The first kappa shape index (κ1) is 13.6. The summed E-state index contributed by atoms with van der Waals surface area (Å²) in [7, 11) is 1.57. The van der Waals surface area contributed by atoms with E-state index in [0.717, 1.165) is 5.39 Å². The zero-order chi connectivity index (χ0) is 14.0. The molecular formula is C13H13ClN2O3. The Morgan fingerprint density at radius 2 is 2.26 bits per heavy atom. The van der Waals surface area contributed by atoms with Gasteiger partial charge >= 0.3 is 5.97 Å². The molecule has 2 aromatic rings. The Morgan fingerprint density at radius 1 is 1.53 bits per heavy atom. The van der Waals surface area contributed by atoms with Gasteiger partial charge in [-0.1, -0.05) is 11.6 Å². The van der Waals surface area contributed by atoms with E-state index in [9.17, 15) is 4.79 Å². The minimum atomic E-state index is -0.977. The number of fused-ring (bicyclic) bond motifs is 1. The van der Waals surface area contributed by atoms with Crippen LogP contribution in [-0.4, -0.2) is 23.2 Å². The van der Waals surface area contributed by atoms with Gasteiger partial charge in [-0.3, -0.25) is 4.79 Å². The molecule has 3 N–H and O–H groups in total. The maximum Gasteiger partial charge on any atom is 0.305 e. The number of nitrogens with two attached hydrogens (primary N) is 1. The molecule has 6 heteroatoms. The van der Waals surface area contributed by atoms with Gasteiger partial charge in [0.15, 0.2) is 0 Å². The van der Waals surface area contributed by atoms with E-state index >= 15 is 0 Å². The summed E-state index contributed by atoms with van der Waals surface area (Å²) in [4.78, 5) is 14.9. The number of benzene rings is 1. The Balaban J connectivity index is 2.49. The molecule has 2 rings (SSSR count). The van der Waals surface area contributed by atoms with Crippen LogP contribution in [0.3, 0.4) is 0 Å². The van der Waals surface area contributed by atoms with E-state index < -0.39 is 12.0 Å². The van der Waals surface area contributed by atoms with Crippen LogP contribution in [0.1, 0.15) is 18.0 Å². The summed E-state index contributed by atoms with van der Waals surface area (Å²) >= 11 is 6.04. The average Bonchev–Trinajstić information content (AvgIpc) is 2.36. The minimum absolute atomic E-state index is 0.198. The third-order valence-electron chi connectivity index (χ3n) is 2.80. The van der Waals surface area contributed by atoms with Gasteiger partial charge in [-0.25, -0.2) is 4.98 Å². The zero-order valence-electron chi connectivity index (χ0n) is 10.3. The largest absolute Gasteiger partial charge is 0.497 e. The number of methoxy groups -OCH3 is 1. The van der Waals surface area contributed by atoms with Crippen LogP contribution in [0.25, 0.3) is 10.9 Å². The molecule has 0 amide bonds. The third-order valence-corrected chi connectivity index (χ3v) is 3.10. The molecule has 0 fully saturated rings. The molecule has 19 heavy (non-hydrogen) atoms. The van der Waals surface area contributed by atoms with Crippen molar-refractivity contribution in [2.45, 2.75) is 12.5 Å². The molecule has 1 atom stereocenters. The van der Waals surface area contributed by atoms with Crippen molar-refractivity contribution in [2.24, 2.45) is 5.73 Å². The molecule has 0 spiro atoms. The summed E-state index contributed by atoms with van der Waals surface area (Å²) < 4.78 is 5.13. The Kier molecular flexibility index (Phi) is 3.87. The number of halogens is 1. The maximum absolute atomic E-state index is 10.7. The summed E-state index contributed by atoms with van der Waals surface area (Å²) in [5, 5.41) is 9.80. The number of hydrogen-bond donors (Lipinski definition) is 2. The van der Waals surface area contributed by atoms with Crippen molar-refractivity contribution in [3.05, 3.63) is 35.0 Å². The zero-order valence-corrected chi connectivity index (χ0v) is 11.0. The lowest BCUT2D eigenvalue weighted by atomic mass is 10.0. The first-order valence-electron chi connectivity index (χ1n) is 5.63. The highest BCUT2D eigenvalue weighted by molar-refractivity contribution is 6.30. The first-order chi connectivity index (χ1) is 9.01. The number of rotatable bonds is 4.